The number of anilines is 6. The van der Waals surface area contributed by atoms with Crippen molar-refractivity contribution in [2.45, 2.75) is 151 Å². The van der Waals surface area contributed by atoms with E-state index < -0.39 is 17.8 Å². The fourth-order valence-electron chi connectivity index (χ4n) is 12.4. The SMILES string of the molecule is CCCCNc1nc(N)nc(C)c1Cc1cc(C(=O)NCCCc2nn[nH]n2)ccc1OC.CCCCNc1nc(N)nc(C)c1Cc1cc(C(=O)O)ccc1OC.N#CCCCN1C(=O)c2ccccc2C1=O.NN.O=C1N=C([O-])c2ccccc21.[C-]#[N+]CCCBr.[C-]#[N+]CCCN.[C-]#[N+]CCCN.[C-]#[N+]CCCNC(=O)c1ccc(OC)c(Cc2c(C)nc(N)nc2NCCCC)c1.[K+]. The number of rotatable bonds is 40. The molecular weight excluding hydrogens is 1830 g/mol. The van der Waals surface area contributed by atoms with E-state index >= 15 is 0 Å². The second-order valence-electron chi connectivity index (χ2n) is 29.2. The van der Waals surface area contributed by atoms with Gasteiger partial charge in [0.2, 0.25) is 44.0 Å². The molecule has 6 heterocycles. The minimum Gasteiger partial charge on any atom is -0.858 e. The Bertz CT molecular complexity index is 5410. The van der Waals surface area contributed by atoms with E-state index in [-0.39, 0.29) is 98.4 Å². The molecule has 2 aliphatic heterocycles. The van der Waals surface area contributed by atoms with E-state index in [2.05, 4.69) is 150 Å². The molecule has 4 aromatic heterocycles. The van der Waals surface area contributed by atoms with Gasteiger partial charge in [0.1, 0.15) is 34.7 Å². The number of H-pyrrole nitrogens is 1. The molecule has 0 fully saturated rings. The zero-order valence-electron chi connectivity index (χ0n) is 79.1. The first-order chi connectivity index (χ1) is 65.2. The number of imide groups is 1. The maximum atomic E-state index is 12.7. The predicted octanol–water partition coefficient (Wildman–Crippen LogP) is 7.71. The van der Waals surface area contributed by atoms with Crippen molar-refractivity contribution in [2.24, 2.45) is 28.1 Å². The number of hydrazine groups is 1. The van der Waals surface area contributed by atoms with Gasteiger partial charge in [0, 0.05) is 153 Å². The molecule has 0 aliphatic carbocycles. The molecule has 0 bridgehead atoms. The Labute approximate surface area is 846 Å². The van der Waals surface area contributed by atoms with Crippen LogP contribution in [0.5, 0.6) is 17.2 Å². The number of nitrogens with one attached hydrogen (secondary N) is 6. The van der Waals surface area contributed by atoms with Crippen molar-refractivity contribution in [1.82, 2.24) is 66.1 Å². The van der Waals surface area contributed by atoms with Crippen molar-refractivity contribution in [3.63, 3.8) is 0 Å². The smallest absolute Gasteiger partial charge is 0.858 e. The molecule has 720 valence electrons. The Morgan fingerprint density at radius 1 is 0.529 bits per heavy atom. The number of nitrogen functional groups attached to an aromatic ring is 3. The van der Waals surface area contributed by atoms with E-state index in [0.29, 0.717) is 184 Å². The molecule has 11 rings (SSSR count). The van der Waals surface area contributed by atoms with Gasteiger partial charge in [-0.05, 0) is 167 Å². The number of methoxy groups -OCH3 is 3. The number of halogens is 1. The molecule has 0 saturated carbocycles. The van der Waals surface area contributed by atoms with Crippen LogP contribution in [0.4, 0.5) is 35.3 Å². The first kappa shape index (κ1) is 119. The fourth-order valence-corrected chi connectivity index (χ4v) is 12.7. The summed E-state index contributed by atoms with van der Waals surface area (Å²) in [5, 5.41) is 59.1. The number of aromatic nitrogens is 10. The number of aromatic amines is 1. The zero-order chi connectivity index (χ0) is 99.8. The van der Waals surface area contributed by atoms with Crippen molar-refractivity contribution >= 4 is 92.6 Å². The van der Waals surface area contributed by atoms with Gasteiger partial charge in [-0.25, -0.2) is 51.0 Å². The first-order valence-corrected chi connectivity index (χ1v) is 44.9. The molecular formula is C94H125BrKN29O11. The number of tetrazole rings is 1. The molecule has 136 heavy (non-hydrogen) atoms. The molecule has 5 aromatic carbocycles. The molecule has 42 heteroatoms. The molecule has 0 spiro atoms. The minimum atomic E-state index is -0.976. The number of unbranched alkanes of at least 4 members (excludes halogenated alkanes) is 4. The standard InChI is InChI=1S/C22H31N9O2.C22H30N6O2.C18H24N4O3.C12H10N2O2.C8H5NO2.C4H6BrN.2C4H8N2.K.H4N2/c1-4-5-10-24-20-17(14(2)26-22(23)27-20)13-16-12-15(8-9-18(16)33-3)21(32)25-11-6-7-19-28-30-31-29-19;1-5-6-11-25-20-18(15(2)27-22(23)28-20)14-17-13-16(8-9-19(17)30-4)21(29)26-12-7-10-24-3;1-4-5-8-20-16-14(11(2)21-18(19)22-16)10-13-9-12(17(23)24)6-7-15(13)25-3;13-7-3-4-8-14-11(15)9-5-1-2-6-10(9)12(14)16;10-7-5-3-1-2-4-6(5)8(11)9-7;3*1-6-4-2-3-5;;1-2/h8-9,12H,4-7,10-11,13H2,1-3H3,(H,25,32)(H3,23,24,26,27)(H,28,29,30,31);8-9,13H,5-7,10-12,14H2,1-2,4H3,(H,26,29)(H3,23,25,27,28);6-7,9H,4-5,8,10H2,1-3H3,(H,23,24)(H3,19,20,21,22);1-2,5-6H,3-4,8H2;1-4H,(H,9,10,11);2-4H2;2*2-5H2;;1-2H2/q;;;;;;;;+1;/p-1. The van der Waals surface area contributed by atoms with E-state index in [9.17, 15) is 39.0 Å². The average molecular weight is 1960 g/mol. The van der Waals surface area contributed by atoms with Crippen molar-refractivity contribution in [3.05, 3.63) is 244 Å². The second kappa shape index (κ2) is 69.5. The number of carboxylic acid groups (broad SMARTS) is 1. The van der Waals surface area contributed by atoms with Crippen molar-refractivity contribution in [1.29, 1.82) is 5.26 Å². The number of hydrogen-bond acceptors (Lipinski definition) is 30. The van der Waals surface area contributed by atoms with Crippen LogP contribution >= 0.6 is 15.9 Å². The summed E-state index contributed by atoms with van der Waals surface area (Å²) < 4.78 is 16.4. The third-order valence-electron chi connectivity index (χ3n) is 19.4. The van der Waals surface area contributed by atoms with Crippen LogP contribution < -0.4 is 138 Å². The maximum Gasteiger partial charge on any atom is 1.00 e. The van der Waals surface area contributed by atoms with Gasteiger partial charge < -0.3 is 99.1 Å². The summed E-state index contributed by atoms with van der Waals surface area (Å²) in [6.07, 6.45) is 13.2. The summed E-state index contributed by atoms with van der Waals surface area (Å²) in [5.41, 5.74) is 38.3. The molecule has 0 saturated heterocycles. The number of nitrogens with zero attached hydrogens (tertiary/aromatic N) is 16. The van der Waals surface area contributed by atoms with Gasteiger partial charge in [-0.3, -0.25) is 40.6 Å². The number of carbonyl (C=O) groups is 6. The van der Waals surface area contributed by atoms with Gasteiger partial charge in [-0.2, -0.15) is 25.4 Å². The summed E-state index contributed by atoms with van der Waals surface area (Å²) >= 11 is 3.21. The van der Waals surface area contributed by atoms with Gasteiger partial charge in [-0.15, -0.1) is 10.2 Å². The normalized spacial score (nSPS) is 10.6. The Hall–Kier alpha value is -13.3. The van der Waals surface area contributed by atoms with Crippen molar-refractivity contribution in [3.8, 4) is 23.3 Å². The Balaban J connectivity index is 0.000000560. The molecule has 0 atom stereocenters. The van der Waals surface area contributed by atoms with E-state index in [1.165, 1.54) is 11.0 Å². The van der Waals surface area contributed by atoms with Crippen LogP contribution in [0, 0.1) is 58.4 Å². The van der Waals surface area contributed by atoms with Crippen LogP contribution in [0.1, 0.15) is 228 Å². The zero-order valence-corrected chi connectivity index (χ0v) is 83.8. The number of carboxylic acids is 1. The average Bonchev–Trinajstić information content (AvgIpc) is 1.51. The van der Waals surface area contributed by atoms with Gasteiger partial charge in [0.05, 0.1) is 44.1 Å². The maximum absolute atomic E-state index is 12.7. The van der Waals surface area contributed by atoms with Crippen molar-refractivity contribution < 1.29 is 105 Å². The number of alkyl halides is 1. The largest absolute Gasteiger partial charge is 1.00 e. The number of nitrogens with two attached hydrogens (primary N) is 7. The number of hydrogen-bond donors (Lipinski definition) is 14. The number of fused-ring (bicyclic) bond motifs is 2. The summed E-state index contributed by atoms with van der Waals surface area (Å²) in [6, 6.07) is 31.0. The summed E-state index contributed by atoms with van der Waals surface area (Å²) in [6.45, 7) is 44.9. The molecule has 2 aliphatic rings. The number of ether oxygens (including phenoxy) is 3. The third kappa shape index (κ3) is 42.1. The first-order valence-electron chi connectivity index (χ1n) is 43.7. The van der Waals surface area contributed by atoms with E-state index in [4.69, 9.17) is 74.4 Å². The number of aryl methyl sites for hydroxylation is 4. The fraction of sp³-hybridized carbons (Fsp3) is 0.415. The second-order valence-corrected chi connectivity index (χ2v) is 30.0. The summed E-state index contributed by atoms with van der Waals surface area (Å²) in [4.78, 5) is 114. The molecule has 0 radical (unpaired) electrons. The van der Waals surface area contributed by atoms with Gasteiger partial charge >= 0.3 is 57.4 Å². The molecule has 21 N–H and O–H groups in total. The topological polar surface area (TPSA) is 604 Å². The quantitative estimate of drug-likeness (QED) is 0.00332. The monoisotopic (exact) mass is 1950 g/mol. The van der Waals surface area contributed by atoms with E-state index in [0.717, 1.165) is 133 Å². The predicted molar refractivity (Wildman–Crippen MR) is 524 cm³/mol. The van der Waals surface area contributed by atoms with Crippen LogP contribution in [-0.2, 0) is 25.7 Å². The summed E-state index contributed by atoms with van der Waals surface area (Å²) in [7, 11) is 4.78. The number of nitriles is 1. The Morgan fingerprint density at radius 2 is 0.904 bits per heavy atom. The van der Waals surface area contributed by atoms with Gasteiger partial charge in [-0.1, -0.05) is 91.5 Å². The van der Waals surface area contributed by atoms with Crippen molar-refractivity contribution in [2.75, 3.05) is 138 Å². The van der Waals surface area contributed by atoms with E-state index in [1.54, 1.807) is 106 Å². The third-order valence-corrected chi connectivity index (χ3v) is 19.9. The summed E-state index contributed by atoms with van der Waals surface area (Å²) in [5.74, 6) is 10.8. The van der Waals surface area contributed by atoms with Gasteiger partial charge in [0.25, 0.3) is 29.5 Å². The molecule has 5 amide bonds. The van der Waals surface area contributed by atoms with Crippen LogP contribution in [0.3, 0.4) is 0 Å². The molecule has 9 aromatic rings. The number of amides is 5. The molecule has 0 unspecified atom stereocenters. The number of benzene rings is 5. The van der Waals surface area contributed by atoms with Crippen LogP contribution in [-0.4, -0.2) is 207 Å². The van der Waals surface area contributed by atoms with Crippen LogP contribution in [0.2, 0.25) is 0 Å². The minimum absolute atomic E-state index is 0. The Morgan fingerprint density at radius 3 is 1.24 bits per heavy atom. The number of aromatic carboxylic acids is 1. The van der Waals surface area contributed by atoms with Gasteiger partial charge in [0.15, 0.2) is 5.82 Å². The number of aliphatic imine (C=N–C) groups is 1. The van der Waals surface area contributed by atoms with E-state index in [1.807, 2.05) is 39.0 Å². The van der Waals surface area contributed by atoms with Crippen LogP contribution in [0.25, 0.3) is 19.4 Å². The van der Waals surface area contributed by atoms with Crippen LogP contribution in [0.15, 0.2) is 108 Å². The number of carbonyl (C=O) groups excluding carboxylic acids is 5. The molecule has 40 nitrogen and oxygen atoms in total. The Kier molecular flexibility index (Phi) is 60.7.